The van der Waals surface area contributed by atoms with Gasteiger partial charge in [0.15, 0.2) is 0 Å². The van der Waals surface area contributed by atoms with E-state index in [4.69, 9.17) is 0 Å². The van der Waals surface area contributed by atoms with Crippen molar-refractivity contribution in [1.82, 2.24) is 19.6 Å². The highest BCUT2D eigenvalue weighted by molar-refractivity contribution is 9.10. The Morgan fingerprint density at radius 1 is 1.43 bits per heavy atom. The third-order valence-electron chi connectivity index (χ3n) is 3.89. The van der Waals surface area contributed by atoms with Gasteiger partial charge in [-0.1, -0.05) is 0 Å². The third-order valence-corrected chi connectivity index (χ3v) is 4.66. The van der Waals surface area contributed by atoms with Crippen LogP contribution < -0.4 is 10.9 Å². The number of rotatable bonds is 5. The van der Waals surface area contributed by atoms with E-state index in [1.807, 2.05) is 0 Å². The fourth-order valence-corrected chi connectivity index (χ4v) is 2.95. The van der Waals surface area contributed by atoms with E-state index < -0.39 is 0 Å². The van der Waals surface area contributed by atoms with Crippen molar-refractivity contribution < 1.29 is 0 Å². The molecule has 0 bridgehead atoms. The van der Waals surface area contributed by atoms with Crippen molar-refractivity contribution in [3.05, 3.63) is 21.0 Å². The van der Waals surface area contributed by atoms with E-state index in [9.17, 15) is 4.79 Å². The molecule has 2 heterocycles. The Labute approximate surface area is 134 Å². The molecule has 118 valence electrons. The van der Waals surface area contributed by atoms with Crippen LogP contribution in [0.15, 0.2) is 15.5 Å². The number of nitrogens with zero attached hydrogens (tertiary/aromatic N) is 4. The van der Waals surface area contributed by atoms with E-state index in [0.29, 0.717) is 10.5 Å². The van der Waals surface area contributed by atoms with E-state index in [1.54, 1.807) is 13.2 Å². The molecule has 0 unspecified atom stereocenters. The first kappa shape index (κ1) is 16.5. The number of likely N-dealkylation sites (tertiary alicyclic amines) is 1. The summed E-state index contributed by atoms with van der Waals surface area (Å²) in [4.78, 5) is 16.5. The molecule has 0 aromatic carbocycles. The smallest absolute Gasteiger partial charge is 0.282 e. The van der Waals surface area contributed by atoms with Gasteiger partial charge >= 0.3 is 0 Å². The number of aromatic nitrogens is 2. The Morgan fingerprint density at radius 3 is 2.71 bits per heavy atom. The fourth-order valence-electron chi connectivity index (χ4n) is 2.47. The lowest BCUT2D eigenvalue weighted by Crippen LogP contribution is -2.42. The zero-order valence-corrected chi connectivity index (χ0v) is 14.6. The molecule has 0 amide bonds. The largest absolute Gasteiger partial charge is 0.380 e. The average molecular weight is 358 g/mol. The molecule has 0 spiro atoms. The van der Waals surface area contributed by atoms with Crippen LogP contribution in [0, 0.1) is 0 Å². The second-order valence-electron chi connectivity index (χ2n) is 5.86. The van der Waals surface area contributed by atoms with E-state index in [0.717, 1.165) is 44.7 Å². The van der Waals surface area contributed by atoms with Crippen LogP contribution >= 0.6 is 15.9 Å². The predicted molar refractivity (Wildman–Crippen MR) is 88.8 cm³/mol. The second kappa shape index (κ2) is 7.38. The summed E-state index contributed by atoms with van der Waals surface area (Å²) < 4.78 is 1.90. The molecule has 1 aliphatic heterocycles. The zero-order valence-electron chi connectivity index (χ0n) is 13.0. The number of hydrogen-bond acceptors (Lipinski definition) is 5. The van der Waals surface area contributed by atoms with Gasteiger partial charge in [-0.3, -0.25) is 4.79 Å². The van der Waals surface area contributed by atoms with Gasteiger partial charge in [-0.25, -0.2) is 4.68 Å². The van der Waals surface area contributed by atoms with Crippen LogP contribution in [0.5, 0.6) is 0 Å². The van der Waals surface area contributed by atoms with Crippen LogP contribution in [0.3, 0.4) is 0 Å². The molecule has 1 aromatic rings. The third kappa shape index (κ3) is 4.52. The summed E-state index contributed by atoms with van der Waals surface area (Å²) >= 11 is 3.36. The van der Waals surface area contributed by atoms with Crippen molar-refractivity contribution in [2.75, 3.05) is 45.6 Å². The first-order valence-electron chi connectivity index (χ1n) is 7.33. The molecule has 1 aliphatic rings. The maximum absolute atomic E-state index is 11.8. The van der Waals surface area contributed by atoms with Gasteiger partial charge in [0.05, 0.1) is 11.9 Å². The van der Waals surface area contributed by atoms with Gasteiger partial charge in [0.2, 0.25) is 0 Å². The van der Waals surface area contributed by atoms with Crippen molar-refractivity contribution >= 4 is 21.6 Å². The Morgan fingerprint density at radius 2 is 2.10 bits per heavy atom. The molecular formula is C14H24BrN5O. The van der Waals surface area contributed by atoms with Gasteiger partial charge in [-0.2, -0.15) is 5.10 Å². The molecule has 7 heteroatoms. The highest BCUT2D eigenvalue weighted by atomic mass is 79.9. The van der Waals surface area contributed by atoms with Crippen molar-refractivity contribution in [2.45, 2.75) is 18.9 Å². The van der Waals surface area contributed by atoms with Gasteiger partial charge in [0.25, 0.3) is 5.56 Å². The SMILES string of the molecule is CN(C)CCN1CCC(Nc2cnn(C)c(=O)c2Br)CC1. The number of likely N-dealkylation sites (N-methyl/N-ethyl adjacent to an activating group) is 1. The van der Waals surface area contributed by atoms with Gasteiger partial charge in [-0.05, 0) is 42.9 Å². The average Bonchev–Trinajstić information content (AvgIpc) is 2.47. The first-order valence-corrected chi connectivity index (χ1v) is 8.12. The number of anilines is 1. The van der Waals surface area contributed by atoms with Crippen LogP contribution in [-0.4, -0.2) is 65.9 Å². The molecule has 1 saturated heterocycles. The Hall–Kier alpha value is -0.920. The van der Waals surface area contributed by atoms with Gasteiger partial charge in [0.1, 0.15) is 4.47 Å². The Bertz CT molecular complexity index is 523. The minimum Gasteiger partial charge on any atom is -0.380 e. The van der Waals surface area contributed by atoms with Gasteiger partial charge in [0, 0.05) is 39.3 Å². The standard InChI is InChI=1S/C14H24BrN5O/c1-18(2)8-9-20-6-4-11(5-7-20)17-12-10-16-19(3)14(21)13(12)15/h10-11,17H,4-9H2,1-3H3. The summed E-state index contributed by atoms with van der Waals surface area (Å²) in [6, 6.07) is 0.408. The first-order chi connectivity index (χ1) is 9.97. The normalized spacial score (nSPS) is 17.4. The lowest BCUT2D eigenvalue weighted by Gasteiger charge is -2.33. The molecule has 0 saturated carbocycles. The molecular weight excluding hydrogens is 334 g/mol. The van der Waals surface area contributed by atoms with E-state index in [2.05, 4.69) is 50.2 Å². The second-order valence-corrected chi connectivity index (χ2v) is 6.66. The summed E-state index contributed by atoms with van der Waals surface area (Å²) in [5.41, 5.74) is 0.688. The fraction of sp³-hybridized carbons (Fsp3) is 0.714. The summed E-state index contributed by atoms with van der Waals surface area (Å²) in [6.07, 6.45) is 3.90. The predicted octanol–water partition coefficient (Wildman–Crippen LogP) is 0.981. The topological polar surface area (TPSA) is 53.4 Å². The quantitative estimate of drug-likeness (QED) is 0.851. The minimum absolute atomic E-state index is 0.108. The molecule has 1 fully saturated rings. The van der Waals surface area contributed by atoms with Crippen LogP contribution in [-0.2, 0) is 7.05 Å². The van der Waals surface area contributed by atoms with Crippen LogP contribution in [0.4, 0.5) is 5.69 Å². The summed E-state index contributed by atoms with van der Waals surface area (Å²) in [5.74, 6) is 0. The number of hydrogen-bond donors (Lipinski definition) is 1. The Kier molecular flexibility index (Phi) is 5.78. The summed E-state index contributed by atoms with van der Waals surface area (Å²) in [6.45, 7) is 4.42. The molecule has 0 aliphatic carbocycles. The highest BCUT2D eigenvalue weighted by Crippen LogP contribution is 2.20. The number of halogens is 1. The van der Waals surface area contributed by atoms with Crippen molar-refractivity contribution in [3.63, 3.8) is 0 Å². The summed E-state index contributed by atoms with van der Waals surface area (Å²) in [5, 5.41) is 7.51. The number of aryl methyl sites for hydroxylation is 1. The van der Waals surface area contributed by atoms with E-state index >= 15 is 0 Å². The monoisotopic (exact) mass is 357 g/mol. The molecule has 21 heavy (non-hydrogen) atoms. The van der Waals surface area contributed by atoms with E-state index in [-0.39, 0.29) is 5.56 Å². The molecule has 0 atom stereocenters. The van der Waals surface area contributed by atoms with Crippen LogP contribution in [0.1, 0.15) is 12.8 Å². The van der Waals surface area contributed by atoms with Gasteiger partial charge < -0.3 is 15.1 Å². The van der Waals surface area contributed by atoms with Crippen LogP contribution in [0.25, 0.3) is 0 Å². The van der Waals surface area contributed by atoms with Gasteiger partial charge in [-0.15, -0.1) is 0 Å². The number of piperidine rings is 1. The minimum atomic E-state index is -0.108. The van der Waals surface area contributed by atoms with E-state index in [1.165, 1.54) is 4.68 Å². The molecule has 1 N–H and O–H groups in total. The van der Waals surface area contributed by atoms with Crippen LogP contribution in [0.2, 0.25) is 0 Å². The maximum atomic E-state index is 11.8. The van der Waals surface area contributed by atoms with Crippen molar-refractivity contribution in [2.24, 2.45) is 7.05 Å². The number of nitrogens with one attached hydrogen (secondary N) is 1. The maximum Gasteiger partial charge on any atom is 0.282 e. The highest BCUT2D eigenvalue weighted by Gasteiger charge is 2.20. The lowest BCUT2D eigenvalue weighted by atomic mass is 10.0. The zero-order chi connectivity index (χ0) is 15.4. The molecule has 1 aromatic heterocycles. The van der Waals surface area contributed by atoms with Crippen molar-refractivity contribution in [3.8, 4) is 0 Å². The molecule has 6 nitrogen and oxygen atoms in total. The molecule has 0 radical (unpaired) electrons. The summed E-state index contributed by atoms with van der Waals surface area (Å²) in [7, 11) is 5.86. The lowest BCUT2D eigenvalue weighted by molar-refractivity contribution is 0.199. The Balaban J connectivity index is 1.86. The van der Waals surface area contributed by atoms with Crippen molar-refractivity contribution in [1.29, 1.82) is 0 Å². The molecule has 2 rings (SSSR count).